The zero-order chi connectivity index (χ0) is 49.6. The van der Waals surface area contributed by atoms with Gasteiger partial charge in [-0.1, -0.05) is 224 Å². The number of nitrogens with zero attached hydrogens (tertiary/aromatic N) is 4. The molecule has 0 unspecified atom stereocenters. The Balaban J connectivity index is 0.966. The summed E-state index contributed by atoms with van der Waals surface area (Å²) in [4.78, 5) is 21.3. The van der Waals surface area contributed by atoms with Gasteiger partial charge in [0.15, 0.2) is 14.3 Å². The first-order chi connectivity index (χ1) is 36.4. The lowest BCUT2D eigenvalue weighted by Gasteiger charge is -2.22. The molecular formula is C66H44N4O2P2. The van der Waals surface area contributed by atoms with Gasteiger partial charge in [0.25, 0.3) is 0 Å². The second-order valence-corrected chi connectivity index (χ2v) is 24.0. The van der Waals surface area contributed by atoms with Crippen LogP contribution in [0.25, 0.3) is 88.6 Å². The van der Waals surface area contributed by atoms with Crippen LogP contribution in [0.5, 0.6) is 0 Å². The third-order valence-corrected chi connectivity index (χ3v) is 20.1. The Hall–Kier alpha value is -8.92. The van der Waals surface area contributed by atoms with Crippen LogP contribution in [-0.2, 0) is 9.13 Å². The van der Waals surface area contributed by atoms with E-state index in [1.54, 1.807) is 0 Å². The van der Waals surface area contributed by atoms with Gasteiger partial charge in [-0.15, -0.1) is 0 Å². The molecule has 0 aliphatic carbocycles. The van der Waals surface area contributed by atoms with Gasteiger partial charge in [-0.25, -0.2) is 19.9 Å². The highest BCUT2D eigenvalue weighted by molar-refractivity contribution is 7.85. The molecule has 13 aromatic rings. The van der Waals surface area contributed by atoms with Crippen molar-refractivity contribution in [2.24, 2.45) is 0 Å². The molecule has 4 aromatic heterocycles. The molecule has 0 radical (unpaired) electrons. The predicted molar refractivity (Wildman–Crippen MR) is 308 cm³/mol. The highest BCUT2D eigenvalue weighted by Crippen LogP contribution is 2.45. The average Bonchev–Trinajstić information content (AvgIpc) is 3.49. The first kappa shape index (κ1) is 45.0. The zero-order valence-corrected chi connectivity index (χ0v) is 41.7. The van der Waals surface area contributed by atoms with Crippen molar-refractivity contribution in [2.45, 2.75) is 0 Å². The molecule has 9 aromatic carbocycles. The van der Waals surface area contributed by atoms with Gasteiger partial charge < -0.3 is 9.13 Å². The van der Waals surface area contributed by atoms with E-state index in [2.05, 4.69) is 72.8 Å². The molecule has 0 amide bonds. The molecule has 0 aliphatic rings. The van der Waals surface area contributed by atoms with Crippen molar-refractivity contribution < 1.29 is 9.13 Å². The van der Waals surface area contributed by atoms with E-state index in [9.17, 15) is 0 Å². The fourth-order valence-electron chi connectivity index (χ4n) is 10.2. The van der Waals surface area contributed by atoms with Gasteiger partial charge in [-0.3, -0.25) is 0 Å². The summed E-state index contributed by atoms with van der Waals surface area (Å²) in [7, 11) is -6.63. The molecule has 0 aliphatic heterocycles. The van der Waals surface area contributed by atoms with Crippen LogP contribution in [0.2, 0.25) is 0 Å². The Morgan fingerprint density at radius 3 is 0.811 bits per heavy atom. The third-order valence-electron chi connectivity index (χ3n) is 14.0. The molecule has 0 spiro atoms. The molecule has 0 atom stereocenters. The van der Waals surface area contributed by atoms with E-state index >= 15 is 9.13 Å². The Labute approximate surface area is 428 Å². The monoisotopic (exact) mass is 986 g/mol. The lowest BCUT2D eigenvalue weighted by atomic mass is 10.0. The van der Waals surface area contributed by atoms with E-state index in [1.807, 2.05) is 194 Å². The average molecular weight is 987 g/mol. The summed E-state index contributed by atoms with van der Waals surface area (Å²) in [5.74, 6) is 0. The van der Waals surface area contributed by atoms with Crippen LogP contribution in [0.4, 0.5) is 0 Å². The maximum atomic E-state index is 16.2. The molecule has 0 saturated heterocycles. The van der Waals surface area contributed by atoms with Crippen LogP contribution in [0.1, 0.15) is 0 Å². The van der Waals surface area contributed by atoms with Crippen LogP contribution >= 0.6 is 14.3 Å². The summed E-state index contributed by atoms with van der Waals surface area (Å²) < 4.78 is 31.4. The standard InChI is InChI=1S/C66H44N4O2P2/c71-73(53-18-8-2-9-19-53,54-20-10-3-11-21-54)57-36-30-46(31-37-57)60-39-33-48-27-29-50-35-41-62(70-66(50)64(48)68-60)52-42-51(43-58(44-52)74(72,55-22-12-4-13-23-55)56-24-14-5-15-25-56)61-40-34-49-28-26-47-32-38-59(45-16-6-1-7-17-45)67-63(47)65(49)69-61/h1-44H. The maximum absolute atomic E-state index is 16.2. The molecule has 13 rings (SSSR count). The number of benzene rings is 9. The Bertz CT molecular complexity index is 4260. The van der Waals surface area contributed by atoms with Gasteiger partial charge in [0, 0.05) is 75.6 Å². The van der Waals surface area contributed by atoms with Gasteiger partial charge >= 0.3 is 0 Å². The van der Waals surface area contributed by atoms with E-state index in [4.69, 9.17) is 19.9 Å². The van der Waals surface area contributed by atoms with E-state index in [-0.39, 0.29) is 0 Å². The second-order valence-electron chi connectivity index (χ2n) is 18.4. The first-order valence-electron chi connectivity index (χ1n) is 24.6. The third kappa shape index (κ3) is 7.93. The van der Waals surface area contributed by atoms with Crippen molar-refractivity contribution in [3.63, 3.8) is 0 Å². The summed E-state index contributed by atoms with van der Waals surface area (Å²) in [6.45, 7) is 0. The van der Waals surface area contributed by atoms with Crippen molar-refractivity contribution in [3.8, 4) is 45.0 Å². The number of fused-ring (bicyclic) bond motifs is 6. The minimum Gasteiger partial charge on any atom is -0.309 e. The normalized spacial score (nSPS) is 11.9. The van der Waals surface area contributed by atoms with Crippen LogP contribution in [-0.4, -0.2) is 19.9 Å². The number of hydrogen-bond donors (Lipinski definition) is 0. The minimum absolute atomic E-state index is 0.666. The molecule has 0 N–H and O–H groups in total. The Morgan fingerprint density at radius 2 is 0.473 bits per heavy atom. The molecule has 0 fully saturated rings. The molecule has 0 bridgehead atoms. The Morgan fingerprint density at radius 1 is 0.216 bits per heavy atom. The predicted octanol–water partition coefficient (Wildman–Crippen LogP) is 13.8. The van der Waals surface area contributed by atoms with E-state index in [0.717, 1.165) is 109 Å². The van der Waals surface area contributed by atoms with E-state index < -0.39 is 14.3 Å². The first-order valence-corrected chi connectivity index (χ1v) is 28.0. The van der Waals surface area contributed by atoms with Crippen LogP contribution in [0, 0.1) is 0 Å². The quantitative estimate of drug-likeness (QED) is 0.100. The fraction of sp³-hybridized carbons (Fsp3) is 0. The van der Waals surface area contributed by atoms with Crippen molar-refractivity contribution in [1.29, 1.82) is 0 Å². The molecule has 74 heavy (non-hydrogen) atoms. The summed E-state index contributed by atoms with van der Waals surface area (Å²) >= 11 is 0. The number of hydrogen-bond acceptors (Lipinski definition) is 6. The van der Waals surface area contributed by atoms with Crippen molar-refractivity contribution in [1.82, 2.24) is 19.9 Å². The van der Waals surface area contributed by atoms with Gasteiger partial charge in [0.1, 0.15) is 0 Å². The summed E-state index contributed by atoms with van der Waals surface area (Å²) in [6.07, 6.45) is 0. The largest absolute Gasteiger partial charge is 0.309 e. The van der Waals surface area contributed by atoms with Crippen LogP contribution in [0.3, 0.4) is 0 Å². The highest BCUT2D eigenvalue weighted by atomic mass is 31.2. The SMILES string of the molecule is O=P(c1ccccc1)(c1ccccc1)c1ccc(-c2ccc3ccc4ccc(-c5cc(-c6ccc7ccc8ccc(-c9ccccc9)nc8c7n6)cc(P(=O)(c6ccccc6)c6ccccc6)c5)nc4c3n2)cc1. The number of pyridine rings is 4. The molecular weight excluding hydrogens is 943 g/mol. The summed E-state index contributed by atoms with van der Waals surface area (Å²) in [6, 6.07) is 88.2. The van der Waals surface area contributed by atoms with E-state index in [1.165, 1.54) is 0 Å². The van der Waals surface area contributed by atoms with Gasteiger partial charge in [-0.2, -0.15) is 0 Å². The van der Waals surface area contributed by atoms with E-state index in [0.29, 0.717) is 11.0 Å². The van der Waals surface area contributed by atoms with Crippen LogP contribution in [0.15, 0.2) is 267 Å². The van der Waals surface area contributed by atoms with Gasteiger partial charge in [0.2, 0.25) is 0 Å². The van der Waals surface area contributed by atoms with Crippen molar-refractivity contribution >= 4 is 89.7 Å². The smallest absolute Gasteiger partial charge is 0.171 e. The summed E-state index contributed by atoms with van der Waals surface area (Å²) in [5, 5.41) is 8.30. The second kappa shape index (κ2) is 18.6. The summed E-state index contributed by atoms with van der Waals surface area (Å²) in [5.41, 5.74) is 9.69. The molecule has 8 heteroatoms. The van der Waals surface area contributed by atoms with Crippen LogP contribution < -0.4 is 31.8 Å². The molecule has 0 saturated carbocycles. The molecule has 350 valence electrons. The number of aromatic nitrogens is 4. The zero-order valence-electron chi connectivity index (χ0n) is 39.9. The lowest BCUT2D eigenvalue weighted by Crippen LogP contribution is -2.25. The molecule has 4 heterocycles. The molecule has 6 nitrogen and oxygen atoms in total. The Kier molecular flexibility index (Phi) is 11.3. The van der Waals surface area contributed by atoms with Crippen molar-refractivity contribution in [3.05, 3.63) is 267 Å². The lowest BCUT2D eigenvalue weighted by molar-refractivity contribution is 0.591. The highest BCUT2D eigenvalue weighted by Gasteiger charge is 2.32. The minimum atomic E-state index is -3.47. The van der Waals surface area contributed by atoms with Crippen molar-refractivity contribution in [2.75, 3.05) is 0 Å². The fourth-order valence-corrected chi connectivity index (χ4v) is 15.5. The topological polar surface area (TPSA) is 85.7 Å². The number of rotatable bonds is 10. The maximum Gasteiger partial charge on any atom is 0.171 e. The van der Waals surface area contributed by atoms with Gasteiger partial charge in [-0.05, 0) is 42.5 Å². The van der Waals surface area contributed by atoms with Gasteiger partial charge in [0.05, 0.1) is 44.8 Å².